The second-order valence-electron chi connectivity index (χ2n) is 7.04. The van der Waals surface area contributed by atoms with Crippen LogP contribution in [-0.4, -0.2) is 49.0 Å². The maximum atomic E-state index is 12.0. The number of piperidine rings is 1. The molecule has 3 rings (SSSR count). The Balaban J connectivity index is 1.96. The summed E-state index contributed by atoms with van der Waals surface area (Å²) >= 11 is 0. The molecule has 11 heteroatoms. The van der Waals surface area contributed by atoms with Crippen LogP contribution in [0.3, 0.4) is 0 Å². The highest BCUT2D eigenvalue weighted by molar-refractivity contribution is 7.90. The number of rotatable bonds is 7. The van der Waals surface area contributed by atoms with Gasteiger partial charge in [-0.25, -0.2) is 18.4 Å². The Morgan fingerprint density at radius 3 is 2.67 bits per heavy atom. The highest BCUT2D eigenvalue weighted by atomic mass is 32.2. The predicted octanol–water partition coefficient (Wildman–Crippen LogP) is 0.976. The van der Waals surface area contributed by atoms with Crippen LogP contribution in [0, 0.1) is 0 Å². The molecular formula is C19H24N6O4S. The first-order chi connectivity index (χ1) is 14.2. The number of carbonyl (C=O) groups excluding carboxylic acids is 2. The molecule has 1 aliphatic rings. The molecule has 160 valence electrons. The summed E-state index contributed by atoms with van der Waals surface area (Å²) in [5.41, 5.74) is 6.44. The first kappa shape index (κ1) is 21.5. The van der Waals surface area contributed by atoms with Gasteiger partial charge < -0.3 is 21.7 Å². The fourth-order valence-corrected chi connectivity index (χ4v) is 3.75. The quantitative estimate of drug-likeness (QED) is 0.504. The van der Waals surface area contributed by atoms with Crippen molar-refractivity contribution >= 4 is 39.0 Å². The van der Waals surface area contributed by atoms with Crippen molar-refractivity contribution in [1.82, 2.24) is 15.3 Å². The van der Waals surface area contributed by atoms with Crippen molar-refractivity contribution in [3.05, 3.63) is 35.7 Å². The third-order valence-electron chi connectivity index (χ3n) is 4.67. The van der Waals surface area contributed by atoms with Crippen LogP contribution in [0.25, 0.3) is 0 Å². The van der Waals surface area contributed by atoms with Crippen LogP contribution < -0.4 is 21.7 Å². The molecule has 2 aromatic rings. The zero-order chi connectivity index (χ0) is 21.9. The van der Waals surface area contributed by atoms with Crippen molar-refractivity contribution in [3.63, 3.8) is 0 Å². The van der Waals surface area contributed by atoms with E-state index in [4.69, 9.17) is 5.73 Å². The minimum absolute atomic E-state index is 0.00652. The summed E-state index contributed by atoms with van der Waals surface area (Å²) in [6.45, 7) is 2.34. The van der Waals surface area contributed by atoms with Gasteiger partial charge in [-0.1, -0.05) is 13.0 Å². The van der Waals surface area contributed by atoms with Crippen molar-refractivity contribution in [2.75, 3.05) is 23.4 Å². The first-order valence-corrected chi connectivity index (χ1v) is 11.4. The third-order valence-corrected chi connectivity index (χ3v) is 5.78. The summed E-state index contributed by atoms with van der Waals surface area (Å²) in [5, 5.41) is 9.02. The number of hydrogen-bond donors (Lipinski definition) is 4. The Kier molecular flexibility index (Phi) is 6.20. The van der Waals surface area contributed by atoms with Crippen molar-refractivity contribution in [3.8, 4) is 0 Å². The molecule has 0 radical (unpaired) electrons. The summed E-state index contributed by atoms with van der Waals surface area (Å²) in [6, 6.07) is 6.13. The summed E-state index contributed by atoms with van der Waals surface area (Å²) in [4.78, 5) is 32.4. The number of nitrogens with one attached hydrogen (secondary N) is 3. The average molecular weight is 433 g/mol. The molecule has 1 aliphatic heterocycles. The van der Waals surface area contributed by atoms with E-state index in [1.54, 1.807) is 12.1 Å². The van der Waals surface area contributed by atoms with Crippen LogP contribution in [0.2, 0.25) is 0 Å². The van der Waals surface area contributed by atoms with E-state index in [9.17, 15) is 18.0 Å². The number of nitrogens with zero attached hydrogens (tertiary/aromatic N) is 2. The van der Waals surface area contributed by atoms with Crippen LogP contribution >= 0.6 is 0 Å². The van der Waals surface area contributed by atoms with Crippen LogP contribution in [0.1, 0.15) is 35.9 Å². The van der Waals surface area contributed by atoms with E-state index in [2.05, 4.69) is 25.9 Å². The molecule has 0 unspecified atom stereocenters. The van der Waals surface area contributed by atoms with Gasteiger partial charge in [-0.05, 0) is 31.0 Å². The van der Waals surface area contributed by atoms with Gasteiger partial charge in [0.15, 0.2) is 27.2 Å². The Morgan fingerprint density at radius 1 is 1.30 bits per heavy atom. The molecular weight excluding hydrogens is 408 g/mol. The molecule has 1 atom stereocenters. The standard InChI is InChI=1S/C19H24N6O4S/c1-3-14-18(23-12-7-8-15(26)21-10-12)25-19(16(24-14)17(20)27)22-11-5-4-6-13(9-11)30(2,28)29/h4-6,9,12H,3,7-8,10H2,1-2H3,(H2,20,27)(H,21,26)(H2,22,23,25)/t12-/m0/s1. The van der Waals surface area contributed by atoms with Gasteiger partial charge in [-0.2, -0.15) is 0 Å². The fourth-order valence-electron chi connectivity index (χ4n) is 3.08. The highest BCUT2D eigenvalue weighted by Gasteiger charge is 2.22. The zero-order valence-electron chi connectivity index (χ0n) is 16.7. The molecule has 5 N–H and O–H groups in total. The van der Waals surface area contributed by atoms with Crippen molar-refractivity contribution < 1.29 is 18.0 Å². The molecule has 0 bridgehead atoms. The number of nitrogens with two attached hydrogens (primary N) is 1. The van der Waals surface area contributed by atoms with Gasteiger partial charge in [0.05, 0.1) is 10.6 Å². The van der Waals surface area contributed by atoms with E-state index < -0.39 is 15.7 Å². The van der Waals surface area contributed by atoms with E-state index in [1.165, 1.54) is 12.1 Å². The molecule has 1 aromatic heterocycles. The summed E-state index contributed by atoms with van der Waals surface area (Å²) in [5.74, 6) is -0.152. The molecule has 2 heterocycles. The van der Waals surface area contributed by atoms with Crippen molar-refractivity contribution in [1.29, 1.82) is 0 Å². The number of anilines is 3. The van der Waals surface area contributed by atoms with Crippen LogP contribution in [-0.2, 0) is 21.1 Å². The minimum Gasteiger partial charge on any atom is -0.364 e. The summed E-state index contributed by atoms with van der Waals surface area (Å²) in [6.07, 6.45) is 2.68. The Bertz CT molecular complexity index is 1080. The molecule has 0 aliphatic carbocycles. The Morgan fingerprint density at radius 2 is 2.07 bits per heavy atom. The predicted molar refractivity (Wildman–Crippen MR) is 112 cm³/mol. The summed E-state index contributed by atoms with van der Waals surface area (Å²) in [7, 11) is -3.40. The van der Waals surface area contributed by atoms with Gasteiger partial charge in [0.25, 0.3) is 5.91 Å². The maximum Gasteiger partial charge on any atom is 0.271 e. The lowest BCUT2D eigenvalue weighted by Crippen LogP contribution is -2.42. The molecule has 0 spiro atoms. The number of aryl methyl sites for hydroxylation is 1. The number of hydrogen-bond acceptors (Lipinski definition) is 8. The minimum atomic E-state index is -3.40. The van der Waals surface area contributed by atoms with Crippen molar-refractivity contribution in [2.45, 2.75) is 37.1 Å². The molecule has 1 fully saturated rings. The van der Waals surface area contributed by atoms with Crippen molar-refractivity contribution in [2.24, 2.45) is 5.73 Å². The van der Waals surface area contributed by atoms with E-state index in [0.29, 0.717) is 43.0 Å². The number of benzene rings is 1. The second kappa shape index (κ2) is 8.66. The molecule has 0 saturated carbocycles. The smallest absolute Gasteiger partial charge is 0.271 e. The van der Waals surface area contributed by atoms with E-state index in [-0.39, 0.29) is 28.4 Å². The molecule has 10 nitrogen and oxygen atoms in total. The van der Waals surface area contributed by atoms with Gasteiger partial charge in [0.1, 0.15) is 0 Å². The van der Waals surface area contributed by atoms with E-state index in [1.807, 2.05) is 6.92 Å². The molecule has 2 amide bonds. The number of sulfone groups is 1. The zero-order valence-corrected chi connectivity index (χ0v) is 17.5. The Labute approximate surface area is 174 Å². The summed E-state index contributed by atoms with van der Waals surface area (Å²) < 4.78 is 23.7. The van der Waals surface area contributed by atoms with Gasteiger partial charge in [-0.15, -0.1) is 0 Å². The lowest BCUT2D eigenvalue weighted by Gasteiger charge is -2.25. The second-order valence-corrected chi connectivity index (χ2v) is 9.06. The molecule has 1 saturated heterocycles. The van der Waals surface area contributed by atoms with Gasteiger partial charge in [0, 0.05) is 31.0 Å². The monoisotopic (exact) mass is 432 g/mol. The van der Waals surface area contributed by atoms with Gasteiger partial charge in [0.2, 0.25) is 5.91 Å². The molecule has 30 heavy (non-hydrogen) atoms. The average Bonchev–Trinajstić information content (AvgIpc) is 2.69. The van der Waals surface area contributed by atoms with E-state index >= 15 is 0 Å². The fraction of sp³-hybridized carbons (Fsp3) is 0.368. The normalized spacial score (nSPS) is 16.6. The van der Waals surface area contributed by atoms with E-state index in [0.717, 1.165) is 6.26 Å². The van der Waals surface area contributed by atoms with Crippen LogP contribution in [0.5, 0.6) is 0 Å². The third kappa shape index (κ3) is 5.03. The number of carbonyl (C=O) groups is 2. The lowest BCUT2D eigenvalue weighted by molar-refractivity contribution is -0.122. The number of amides is 2. The topological polar surface area (TPSA) is 156 Å². The Hall–Kier alpha value is -3.21. The maximum absolute atomic E-state index is 12.0. The highest BCUT2D eigenvalue weighted by Crippen LogP contribution is 2.25. The largest absolute Gasteiger partial charge is 0.364 e. The first-order valence-electron chi connectivity index (χ1n) is 9.48. The number of primary amides is 1. The number of aromatic nitrogens is 2. The SMILES string of the molecule is CCc1nc(C(N)=O)c(Nc2cccc(S(C)(=O)=O)c2)nc1N[C@H]1CCC(=O)NC1. The van der Waals surface area contributed by atoms with Crippen LogP contribution in [0.4, 0.5) is 17.3 Å². The van der Waals surface area contributed by atoms with Gasteiger partial charge in [-0.3, -0.25) is 9.59 Å². The lowest BCUT2D eigenvalue weighted by atomic mass is 10.1. The molecule has 1 aromatic carbocycles. The van der Waals surface area contributed by atoms with Crippen LogP contribution in [0.15, 0.2) is 29.2 Å². The van der Waals surface area contributed by atoms with Gasteiger partial charge >= 0.3 is 0 Å².